The van der Waals surface area contributed by atoms with Crippen LogP contribution in [0.3, 0.4) is 0 Å². The Balaban J connectivity index is 2.49. The molecular formula is C17H35N3O. The van der Waals surface area contributed by atoms with Gasteiger partial charge in [-0.2, -0.15) is 0 Å². The second-order valence-corrected chi connectivity index (χ2v) is 6.62. The molecule has 1 aliphatic rings. The van der Waals surface area contributed by atoms with Crippen molar-refractivity contribution >= 4 is 5.91 Å². The summed E-state index contributed by atoms with van der Waals surface area (Å²) in [7, 11) is 0. The van der Waals surface area contributed by atoms with Crippen LogP contribution in [0.5, 0.6) is 0 Å². The Hall–Kier alpha value is -0.610. The number of amides is 1. The number of carbonyl (C=O) groups is 1. The van der Waals surface area contributed by atoms with Gasteiger partial charge in [-0.25, -0.2) is 0 Å². The summed E-state index contributed by atoms with van der Waals surface area (Å²) in [6, 6.07) is 0.805. The molecule has 124 valence electrons. The average Bonchev–Trinajstić information content (AvgIpc) is 2.47. The molecule has 21 heavy (non-hydrogen) atoms. The molecule has 0 saturated carbocycles. The average molecular weight is 297 g/mol. The minimum absolute atomic E-state index is 0.0130. The molecule has 4 nitrogen and oxygen atoms in total. The SMILES string of the molecule is CCCC(C)NC(=O)C(C)N1CCCC(C(C)NCC)C1. The molecule has 2 N–H and O–H groups in total. The van der Waals surface area contributed by atoms with Gasteiger partial charge in [0.05, 0.1) is 6.04 Å². The monoisotopic (exact) mass is 297 g/mol. The summed E-state index contributed by atoms with van der Waals surface area (Å²) in [5.74, 6) is 0.842. The number of nitrogens with one attached hydrogen (secondary N) is 2. The zero-order valence-corrected chi connectivity index (χ0v) is 14.6. The first kappa shape index (κ1) is 18.4. The first-order valence-corrected chi connectivity index (χ1v) is 8.77. The standard InChI is InChI=1S/C17H35N3O/c1-6-9-13(3)19-17(21)15(5)20-11-8-10-16(12-20)14(4)18-7-2/h13-16,18H,6-12H2,1-5H3,(H,19,21). The van der Waals surface area contributed by atoms with E-state index in [1.807, 2.05) is 6.92 Å². The molecule has 4 heteroatoms. The fourth-order valence-electron chi connectivity index (χ4n) is 3.32. The van der Waals surface area contributed by atoms with Gasteiger partial charge in [0.15, 0.2) is 0 Å². The molecule has 4 atom stereocenters. The van der Waals surface area contributed by atoms with Crippen LogP contribution in [0, 0.1) is 5.92 Å². The van der Waals surface area contributed by atoms with Crippen molar-refractivity contribution < 1.29 is 4.79 Å². The van der Waals surface area contributed by atoms with Crippen LogP contribution in [-0.2, 0) is 4.79 Å². The van der Waals surface area contributed by atoms with E-state index in [1.54, 1.807) is 0 Å². The third kappa shape index (κ3) is 5.95. The van der Waals surface area contributed by atoms with E-state index in [-0.39, 0.29) is 18.0 Å². The first-order valence-electron chi connectivity index (χ1n) is 8.77. The zero-order valence-electron chi connectivity index (χ0n) is 14.6. The molecule has 0 aromatic rings. The van der Waals surface area contributed by atoms with Gasteiger partial charge >= 0.3 is 0 Å². The van der Waals surface area contributed by atoms with Crippen LogP contribution >= 0.6 is 0 Å². The lowest BCUT2D eigenvalue weighted by Crippen LogP contribution is -2.53. The molecule has 1 amide bonds. The molecule has 0 aromatic heterocycles. The number of rotatable bonds is 8. The number of hydrogen-bond acceptors (Lipinski definition) is 3. The maximum atomic E-state index is 12.4. The highest BCUT2D eigenvalue weighted by atomic mass is 16.2. The highest BCUT2D eigenvalue weighted by Crippen LogP contribution is 2.21. The molecule has 0 spiro atoms. The largest absolute Gasteiger partial charge is 0.352 e. The maximum absolute atomic E-state index is 12.4. The smallest absolute Gasteiger partial charge is 0.237 e. The summed E-state index contributed by atoms with van der Waals surface area (Å²) in [6.45, 7) is 13.8. The van der Waals surface area contributed by atoms with Crippen LogP contribution in [0.2, 0.25) is 0 Å². The third-order valence-corrected chi connectivity index (χ3v) is 4.76. The highest BCUT2D eigenvalue weighted by Gasteiger charge is 2.29. The maximum Gasteiger partial charge on any atom is 0.237 e. The zero-order chi connectivity index (χ0) is 15.8. The van der Waals surface area contributed by atoms with E-state index in [2.05, 4.69) is 43.2 Å². The van der Waals surface area contributed by atoms with Crippen molar-refractivity contribution in [1.29, 1.82) is 0 Å². The van der Waals surface area contributed by atoms with Crippen molar-refractivity contribution in [2.24, 2.45) is 5.92 Å². The number of hydrogen-bond donors (Lipinski definition) is 2. The summed E-state index contributed by atoms with van der Waals surface area (Å²) in [6.07, 6.45) is 4.63. The molecule has 1 rings (SSSR count). The van der Waals surface area contributed by atoms with Crippen molar-refractivity contribution in [2.45, 2.75) is 78.4 Å². The molecule has 0 bridgehead atoms. The van der Waals surface area contributed by atoms with Crippen molar-refractivity contribution in [3.63, 3.8) is 0 Å². The third-order valence-electron chi connectivity index (χ3n) is 4.76. The van der Waals surface area contributed by atoms with Gasteiger partial charge in [-0.3, -0.25) is 9.69 Å². The van der Waals surface area contributed by atoms with Gasteiger partial charge in [-0.1, -0.05) is 20.3 Å². The van der Waals surface area contributed by atoms with E-state index in [4.69, 9.17) is 0 Å². The topological polar surface area (TPSA) is 44.4 Å². The second-order valence-electron chi connectivity index (χ2n) is 6.62. The predicted molar refractivity (Wildman–Crippen MR) is 89.4 cm³/mol. The Bertz CT molecular complexity index is 308. The molecular weight excluding hydrogens is 262 g/mol. The fourth-order valence-corrected chi connectivity index (χ4v) is 3.32. The van der Waals surface area contributed by atoms with Crippen molar-refractivity contribution in [3.8, 4) is 0 Å². The Labute approximate surface area is 131 Å². The van der Waals surface area contributed by atoms with E-state index in [1.165, 1.54) is 12.8 Å². The first-order chi connectivity index (χ1) is 9.99. The molecule has 1 heterocycles. The van der Waals surface area contributed by atoms with Crippen LogP contribution in [-0.4, -0.2) is 48.6 Å². The van der Waals surface area contributed by atoms with E-state index in [9.17, 15) is 4.79 Å². The van der Waals surface area contributed by atoms with E-state index in [0.29, 0.717) is 12.0 Å². The lowest BCUT2D eigenvalue weighted by molar-refractivity contribution is -0.127. The van der Waals surface area contributed by atoms with E-state index < -0.39 is 0 Å². The molecule has 0 aromatic carbocycles. The Morgan fingerprint density at radius 3 is 2.62 bits per heavy atom. The predicted octanol–water partition coefficient (Wildman–Crippen LogP) is 2.39. The lowest BCUT2D eigenvalue weighted by Gasteiger charge is -2.39. The van der Waals surface area contributed by atoms with Crippen LogP contribution in [0.4, 0.5) is 0 Å². The molecule has 0 aliphatic carbocycles. The summed E-state index contributed by atoms with van der Waals surface area (Å²) < 4.78 is 0. The number of likely N-dealkylation sites (tertiary alicyclic amines) is 1. The van der Waals surface area contributed by atoms with Crippen molar-refractivity contribution in [1.82, 2.24) is 15.5 Å². The minimum atomic E-state index is -0.0130. The van der Waals surface area contributed by atoms with Crippen LogP contribution < -0.4 is 10.6 Å². The number of carbonyl (C=O) groups excluding carboxylic acids is 1. The summed E-state index contributed by atoms with van der Waals surface area (Å²) >= 11 is 0. The van der Waals surface area contributed by atoms with Crippen LogP contribution in [0.1, 0.15) is 60.3 Å². The Kier molecular flexibility index (Phi) is 8.27. The summed E-state index contributed by atoms with van der Waals surface area (Å²) in [4.78, 5) is 14.7. The van der Waals surface area contributed by atoms with Gasteiger partial charge in [0, 0.05) is 18.6 Å². The van der Waals surface area contributed by atoms with E-state index >= 15 is 0 Å². The van der Waals surface area contributed by atoms with Crippen molar-refractivity contribution in [2.75, 3.05) is 19.6 Å². The van der Waals surface area contributed by atoms with Gasteiger partial charge in [0.25, 0.3) is 0 Å². The van der Waals surface area contributed by atoms with Gasteiger partial charge in [-0.05, 0) is 59.0 Å². The highest BCUT2D eigenvalue weighted by molar-refractivity contribution is 5.81. The Morgan fingerprint density at radius 1 is 1.29 bits per heavy atom. The second kappa shape index (κ2) is 9.42. The van der Waals surface area contributed by atoms with E-state index in [0.717, 1.165) is 32.5 Å². The lowest BCUT2D eigenvalue weighted by atomic mass is 9.90. The van der Waals surface area contributed by atoms with Crippen LogP contribution in [0.15, 0.2) is 0 Å². The quantitative estimate of drug-likeness (QED) is 0.723. The molecule has 1 fully saturated rings. The minimum Gasteiger partial charge on any atom is -0.352 e. The molecule has 4 unspecified atom stereocenters. The van der Waals surface area contributed by atoms with Crippen molar-refractivity contribution in [3.05, 3.63) is 0 Å². The Morgan fingerprint density at radius 2 is 2.00 bits per heavy atom. The van der Waals surface area contributed by atoms with Gasteiger partial charge in [0.1, 0.15) is 0 Å². The normalized spacial score (nSPS) is 24.3. The number of nitrogens with zero attached hydrogens (tertiary/aromatic N) is 1. The summed E-state index contributed by atoms with van der Waals surface area (Å²) in [5.41, 5.74) is 0. The molecule has 1 saturated heterocycles. The summed E-state index contributed by atoms with van der Waals surface area (Å²) in [5, 5.41) is 6.68. The van der Waals surface area contributed by atoms with Gasteiger partial charge in [0.2, 0.25) is 5.91 Å². The molecule has 1 aliphatic heterocycles. The van der Waals surface area contributed by atoms with Gasteiger partial charge < -0.3 is 10.6 Å². The van der Waals surface area contributed by atoms with Gasteiger partial charge in [-0.15, -0.1) is 0 Å². The number of piperidine rings is 1. The molecule has 0 radical (unpaired) electrons. The fraction of sp³-hybridized carbons (Fsp3) is 0.941. The van der Waals surface area contributed by atoms with Crippen LogP contribution in [0.25, 0.3) is 0 Å².